The Kier molecular flexibility index (Phi) is 34.9. The third-order valence-electron chi connectivity index (χ3n) is 10.1. The molecule has 66 heavy (non-hydrogen) atoms. The molecule has 0 rings (SSSR count). The number of hydrogen-bond donors (Lipinski definition) is 5. The van der Waals surface area contributed by atoms with Crippen molar-refractivity contribution in [2.24, 2.45) is 5.73 Å². The molecule has 0 spiro atoms. The van der Waals surface area contributed by atoms with E-state index in [9.17, 15) is 28.5 Å². The first-order valence-electron chi connectivity index (χ1n) is 25.1. The maximum atomic E-state index is 13.3. The number of nitrogens with two attached hydrogens (primary N) is 1. The van der Waals surface area contributed by atoms with Gasteiger partial charge in [-0.3, -0.25) is 23.7 Å². The van der Waals surface area contributed by atoms with Gasteiger partial charge in [-0.2, -0.15) is 0 Å². The molecule has 2 unspecified atom stereocenters. The van der Waals surface area contributed by atoms with Gasteiger partial charge in [0.1, 0.15) is 24.3 Å². The van der Waals surface area contributed by atoms with E-state index in [1.165, 1.54) is 64.2 Å². The van der Waals surface area contributed by atoms with Crippen molar-refractivity contribution < 1.29 is 56.9 Å². The smallest absolute Gasteiger partial charge is 0.331 e. The van der Waals surface area contributed by atoms with Crippen molar-refractivity contribution in [2.45, 2.75) is 239 Å². The Labute approximate surface area is 399 Å². The first-order valence-corrected chi connectivity index (χ1v) is 26.8. The van der Waals surface area contributed by atoms with Crippen molar-refractivity contribution in [2.75, 3.05) is 45.7 Å². The van der Waals surface area contributed by atoms with Crippen LogP contribution in [0.1, 0.15) is 210 Å². The summed E-state index contributed by atoms with van der Waals surface area (Å²) in [5, 5.41) is 17.0. The van der Waals surface area contributed by atoms with Gasteiger partial charge in [0.2, 0.25) is 17.7 Å². The van der Waals surface area contributed by atoms with E-state index in [2.05, 4.69) is 16.0 Å². The molecule has 16 nitrogen and oxygen atoms in total. The third kappa shape index (κ3) is 41.6. The van der Waals surface area contributed by atoms with Crippen molar-refractivity contribution in [3.63, 3.8) is 0 Å². The number of amides is 3. The van der Waals surface area contributed by atoms with Crippen molar-refractivity contribution in [3.8, 4) is 0 Å². The van der Waals surface area contributed by atoms with Gasteiger partial charge < -0.3 is 50.0 Å². The Bertz CT molecular complexity index is 1360. The lowest BCUT2D eigenvalue weighted by atomic mass is 10.0. The molecule has 0 aromatic heterocycles. The summed E-state index contributed by atoms with van der Waals surface area (Å²) >= 11 is 0. The van der Waals surface area contributed by atoms with Gasteiger partial charge in [0.05, 0.1) is 37.2 Å². The standard InChI is InChI=1S/C49H95N4O12P/c1-47(2,3)63-46(59)41(31-32-42(54)52-34-35-61-36-37-62-39-44(56)51-33-27-26-29-40(50)45(57)58)53-43(55)30-25-23-21-19-17-15-13-11-10-12-14-16-18-20-22-24-28-38-66(60,64-48(4,5)6)65-49(7,8)9/h40-41H,10-39,50H2,1-9H3,(H,51,56)(H,52,54)(H,53,55)(H,57,58). The molecule has 0 aromatic carbocycles. The van der Waals surface area contributed by atoms with Gasteiger partial charge in [0.25, 0.3) is 0 Å². The Morgan fingerprint density at radius 2 is 1.00 bits per heavy atom. The zero-order chi connectivity index (χ0) is 49.9. The van der Waals surface area contributed by atoms with Crippen LogP contribution in [0.4, 0.5) is 0 Å². The lowest BCUT2D eigenvalue weighted by Gasteiger charge is -2.32. The summed E-state index contributed by atoms with van der Waals surface area (Å²) in [4.78, 5) is 60.8. The number of carbonyl (C=O) groups excluding carboxylic acids is 4. The SMILES string of the molecule is CC(C)(C)OC(=O)C(CCC(=O)NCCOCCOCC(=O)NCCCCC(N)C(=O)O)NC(=O)CCCCCCCCCCCCCCCCCCCP(=O)(OC(C)(C)C)OC(C)(C)C. The Hall–Kier alpha value is -2.62. The molecule has 0 aliphatic carbocycles. The Morgan fingerprint density at radius 3 is 1.48 bits per heavy atom. The molecule has 0 fully saturated rings. The number of rotatable bonds is 41. The summed E-state index contributed by atoms with van der Waals surface area (Å²) in [6, 6.07) is -1.82. The third-order valence-corrected chi connectivity index (χ3v) is 12.6. The van der Waals surface area contributed by atoms with Crippen LogP contribution in [-0.2, 0) is 51.8 Å². The number of aliphatic carboxylic acids is 1. The highest BCUT2D eigenvalue weighted by Gasteiger charge is 2.34. The molecule has 0 aromatic rings. The fourth-order valence-corrected chi connectivity index (χ4v) is 9.48. The zero-order valence-corrected chi connectivity index (χ0v) is 43.7. The molecule has 0 aliphatic heterocycles. The highest BCUT2D eigenvalue weighted by Crippen LogP contribution is 2.55. The van der Waals surface area contributed by atoms with Gasteiger partial charge >= 0.3 is 19.5 Å². The molecule has 3 amide bonds. The predicted octanol–water partition coefficient (Wildman–Crippen LogP) is 9.29. The van der Waals surface area contributed by atoms with Crippen LogP contribution in [0.5, 0.6) is 0 Å². The summed E-state index contributed by atoms with van der Waals surface area (Å²) in [7, 11) is -3.13. The van der Waals surface area contributed by atoms with Crippen molar-refractivity contribution in [1.29, 1.82) is 0 Å². The van der Waals surface area contributed by atoms with Crippen LogP contribution in [0, 0.1) is 0 Å². The van der Waals surface area contributed by atoms with Gasteiger partial charge in [0, 0.05) is 25.9 Å². The number of ether oxygens (including phenoxy) is 3. The molecule has 6 N–H and O–H groups in total. The minimum atomic E-state index is -3.13. The van der Waals surface area contributed by atoms with Crippen LogP contribution >= 0.6 is 7.60 Å². The van der Waals surface area contributed by atoms with E-state index in [4.69, 9.17) is 34.1 Å². The number of carboxylic acids is 1. The Balaban J connectivity index is 4.04. The topological polar surface area (TPSA) is 231 Å². The second-order valence-corrected chi connectivity index (χ2v) is 22.5. The minimum Gasteiger partial charge on any atom is -0.480 e. The molecule has 0 saturated heterocycles. The van der Waals surface area contributed by atoms with Crippen molar-refractivity contribution in [3.05, 3.63) is 0 Å². The van der Waals surface area contributed by atoms with Crippen molar-refractivity contribution >= 4 is 37.3 Å². The molecule has 0 bridgehead atoms. The monoisotopic (exact) mass is 963 g/mol. The molecule has 0 aliphatic rings. The summed E-state index contributed by atoms with van der Waals surface area (Å²) in [6.45, 7) is 18.0. The van der Waals surface area contributed by atoms with E-state index < -0.39 is 48.4 Å². The van der Waals surface area contributed by atoms with Crippen LogP contribution in [0.25, 0.3) is 0 Å². The molecule has 0 heterocycles. The van der Waals surface area contributed by atoms with E-state index in [1.54, 1.807) is 20.8 Å². The first-order chi connectivity index (χ1) is 30.9. The lowest BCUT2D eigenvalue weighted by molar-refractivity contribution is -0.159. The second-order valence-electron chi connectivity index (χ2n) is 20.5. The van der Waals surface area contributed by atoms with Gasteiger partial charge in [-0.05, 0) is 101 Å². The van der Waals surface area contributed by atoms with Crippen LogP contribution in [0.3, 0.4) is 0 Å². The minimum absolute atomic E-state index is 0.0204. The molecule has 2 atom stereocenters. The number of nitrogens with one attached hydrogen (secondary N) is 3. The van der Waals surface area contributed by atoms with E-state index in [-0.39, 0.29) is 63.5 Å². The van der Waals surface area contributed by atoms with E-state index in [0.717, 1.165) is 44.9 Å². The van der Waals surface area contributed by atoms with Gasteiger partial charge in [0.15, 0.2) is 0 Å². The first kappa shape index (κ1) is 63.4. The van der Waals surface area contributed by atoms with E-state index in [1.807, 2.05) is 41.5 Å². The maximum Gasteiger partial charge on any atom is 0.331 e. The number of unbranched alkanes of at least 4 members (excludes halogenated alkanes) is 17. The molecule has 388 valence electrons. The fraction of sp³-hybridized carbons (Fsp3) is 0.898. The number of hydrogen-bond acceptors (Lipinski definition) is 12. The number of esters is 1. The highest BCUT2D eigenvalue weighted by atomic mass is 31.2. The molecular formula is C49H95N4O12P. The number of carbonyl (C=O) groups is 5. The van der Waals surface area contributed by atoms with Crippen LogP contribution in [0.15, 0.2) is 0 Å². The quantitative estimate of drug-likeness (QED) is 0.0219. The van der Waals surface area contributed by atoms with E-state index >= 15 is 0 Å². The van der Waals surface area contributed by atoms with Crippen molar-refractivity contribution in [1.82, 2.24) is 16.0 Å². The molecular weight excluding hydrogens is 868 g/mol. The lowest BCUT2D eigenvalue weighted by Crippen LogP contribution is -2.44. The largest absolute Gasteiger partial charge is 0.480 e. The Morgan fingerprint density at radius 1 is 0.530 bits per heavy atom. The van der Waals surface area contributed by atoms with E-state index in [0.29, 0.717) is 38.4 Å². The van der Waals surface area contributed by atoms with Crippen LogP contribution in [0.2, 0.25) is 0 Å². The summed E-state index contributed by atoms with van der Waals surface area (Å²) in [5.74, 6) is -2.40. The van der Waals surface area contributed by atoms with Crippen LogP contribution < -0.4 is 21.7 Å². The molecule has 0 saturated carbocycles. The zero-order valence-electron chi connectivity index (χ0n) is 42.8. The molecule has 0 radical (unpaired) electrons. The van der Waals surface area contributed by atoms with Crippen LogP contribution in [-0.4, -0.2) is 109 Å². The van der Waals surface area contributed by atoms with Gasteiger partial charge in [-0.25, -0.2) is 4.79 Å². The van der Waals surface area contributed by atoms with Gasteiger partial charge in [-0.1, -0.05) is 96.3 Å². The average Bonchev–Trinajstić information content (AvgIpc) is 3.18. The summed E-state index contributed by atoms with van der Waals surface area (Å²) in [5.41, 5.74) is 3.71. The summed E-state index contributed by atoms with van der Waals surface area (Å²) < 4.78 is 41.4. The predicted molar refractivity (Wildman–Crippen MR) is 261 cm³/mol. The second kappa shape index (κ2) is 36.4. The highest BCUT2D eigenvalue weighted by molar-refractivity contribution is 7.53. The fourth-order valence-electron chi connectivity index (χ4n) is 6.98. The maximum absolute atomic E-state index is 13.3. The normalized spacial score (nSPS) is 13.2. The summed E-state index contributed by atoms with van der Waals surface area (Å²) in [6.07, 6.45) is 22.0. The molecule has 17 heteroatoms. The van der Waals surface area contributed by atoms with Gasteiger partial charge in [-0.15, -0.1) is 0 Å². The number of carboxylic acid groups (broad SMARTS) is 1. The average molecular weight is 963 g/mol.